The number of nitrogens with one attached hydrogen (secondary N) is 1. The molecule has 0 aromatic heterocycles. The maximum absolute atomic E-state index is 6.20. The van der Waals surface area contributed by atoms with Crippen LogP contribution in [0.3, 0.4) is 0 Å². The van der Waals surface area contributed by atoms with Crippen LogP contribution < -0.4 is 5.32 Å². The van der Waals surface area contributed by atoms with Gasteiger partial charge in [0, 0.05) is 25.5 Å². The molecule has 2 atom stereocenters. The lowest BCUT2D eigenvalue weighted by Crippen LogP contribution is -2.52. The van der Waals surface area contributed by atoms with Crippen LogP contribution in [0.1, 0.15) is 65.2 Å². The standard InChI is InChI=1S/C17H33NO3/c1-3-5-6-7-11-19-16-14-17(20-12-13-21-17)9-8-15(16)18-10-4-2/h15-16,18H,3-14H2,1-2H3. The summed E-state index contributed by atoms with van der Waals surface area (Å²) in [6.45, 7) is 7.85. The molecule has 2 rings (SSSR count). The van der Waals surface area contributed by atoms with Crippen molar-refractivity contribution in [3.05, 3.63) is 0 Å². The first kappa shape index (κ1) is 17.2. The number of rotatable bonds is 9. The average molecular weight is 299 g/mol. The number of hydrogen-bond donors (Lipinski definition) is 1. The van der Waals surface area contributed by atoms with E-state index in [9.17, 15) is 0 Å². The summed E-state index contributed by atoms with van der Waals surface area (Å²) in [5.41, 5.74) is 0. The lowest BCUT2D eigenvalue weighted by Gasteiger charge is -2.41. The highest BCUT2D eigenvalue weighted by molar-refractivity contribution is 4.92. The van der Waals surface area contributed by atoms with Gasteiger partial charge in [0.15, 0.2) is 5.79 Å². The molecule has 1 spiro atoms. The zero-order chi connectivity index (χ0) is 15.0. The lowest BCUT2D eigenvalue weighted by molar-refractivity contribution is -0.207. The molecule has 1 heterocycles. The van der Waals surface area contributed by atoms with Gasteiger partial charge in [0.05, 0.1) is 19.3 Å². The third-order valence-electron chi connectivity index (χ3n) is 4.60. The van der Waals surface area contributed by atoms with Gasteiger partial charge in [-0.1, -0.05) is 33.1 Å². The minimum Gasteiger partial charge on any atom is -0.376 e. The lowest BCUT2D eigenvalue weighted by atomic mass is 9.87. The molecule has 2 fully saturated rings. The van der Waals surface area contributed by atoms with Crippen LogP contribution in [0.4, 0.5) is 0 Å². The largest absolute Gasteiger partial charge is 0.376 e. The van der Waals surface area contributed by atoms with Crippen molar-refractivity contribution in [2.75, 3.05) is 26.4 Å². The molecule has 4 nitrogen and oxygen atoms in total. The molecule has 0 aromatic carbocycles. The Balaban J connectivity index is 1.80. The van der Waals surface area contributed by atoms with E-state index in [1.165, 1.54) is 25.7 Å². The van der Waals surface area contributed by atoms with Crippen LogP contribution in [0, 0.1) is 0 Å². The fourth-order valence-corrected chi connectivity index (χ4v) is 3.37. The molecule has 0 aromatic rings. The molecule has 4 heteroatoms. The normalized spacial score (nSPS) is 28.3. The van der Waals surface area contributed by atoms with Crippen molar-refractivity contribution in [2.45, 2.75) is 83.1 Å². The monoisotopic (exact) mass is 299 g/mol. The second-order valence-corrected chi connectivity index (χ2v) is 6.38. The fourth-order valence-electron chi connectivity index (χ4n) is 3.37. The molecule has 0 amide bonds. The van der Waals surface area contributed by atoms with E-state index >= 15 is 0 Å². The van der Waals surface area contributed by atoms with Crippen molar-refractivity contribution >= 4 is 0 Å². The van der Waals surface area contributed by atoms with Crippen molar-refractivity contribution in [1.82, 2.24) is 5.32 Å². The summed E-state index contributed by atoms with van der Waals surface area (Å²) in [5.74, 6) is -0.349. The predicted molar refractivity (Wildman–Crippen MR) is 84.4 cm³/mol. The molecular weight excluding hydrogens is 266 g/mol. The first-order chi connectivity index (χ1) is 10.3. The Morgan fingerprint density at radius 2 is 1.90 bits per heavy atom. The highest BCUT2D eigenvalue weighted by atomic mass is 16.7. The van der Waals surface area contributed by atoms with Crippen LogP contribution in [0.25, 0.3) is 0 Å². The van der Waals surface area contributed by atoms with Crippen molar-refractivity contribution < 1.29 is 14.2 Å². The maximum Gasteiger partial charge on any atom is 0.171 e. The highest BCUT2D eigenvalue weighted by Crippen LogP contribution is 2.37. The second kappa shape index (κ2) is 9.09. The summed E-state index contributed by atoms with van der Waals surface area (Å²) in [6, 6.07) is 0.453. The van der Waals surface area contributed by atoms with Gasteiger partial charge >= 0.3 is 0 Å². The number of ether oxygens (including phenoxy) is 3. The SMILES string of the molecule is CCCCCCOC1CC2(CCC1NCCC)OCCO2. The van der Waals surface area contributed by atoms with Crippen LogP contribution in [0.2, 0.25) is 0 Å². The third kappa shape index (κ3) is 5.20. The van der Waals surface area contributed by atoms with Crippen LogP contribution in [-0.4, -0.2) is 44.3 Å². The topological polar surface area (TPSA) is 39.7 Å². The summed E-state index contributed by atoms with van der Waals surface area (Å²) in [5, 5.41) is 3.64. The van der Waals surface area contributed by atoms with Gasteiger partial charge in [-0.2, -0.15) is 0 Å². The predicted octanol–water partition coefficient (Wildman–Crippen LogP) is 3.25. The van der Waals surface area contributed by atoms with E-state index in [0.29, 0.717) is 6.04 Å². The Hall–Kier alpha value is -0.160. The minimum atomic E-state index is -0.349. The van der Waals surface area contributed by atoms with E-state index in [0.717, 1.165) is 52.0 Å². The van der Waals surface area contributed by atoms with Crippen LogP contribution in [0.15, 0.2) is 0 Å². The van der Waals surface area contributed by atoms with Gasteiger partial charge in [0.25, 0.3) is 0 Å². The zero-order valence-corrected chi connectivity index (χ0v) is 13.9. The number of unbranched alkanes of at least 4 members (excludes halogenated alkanes) is 3. The van der Waals surface area contributed by atoms with E-state index in [4.69, 9.17) is 14.2 Å². The molecule has 1 N–H and O–H groups in total. The zero-order valence-electron chi connectivity index (χ0n) is 13.9. The highest BCUT2D eigenvalue weighted by Gasteiger charge is 2.45. The molecule has 1 aliphatic heterocycles. The van der Waals surface area contributed by atoms with Crippen molar-refractivity contribution in [2.24, 2.45) is 0 Å². The Kier molecular flexibility index (Phi) is 7.44. The quantitative estimate of drug-likeness (QED) is 0.663. The molecule has 1 aliphatic carbocycles. The van der Waals surface area contributed by atoms with E-state index in [2.05, 4.69) is 19.2 Å². The van der Waals surface area contributed by atoms with Crippen LogP contribution in [-0.2, 0) is 14.2 Å². The van der Waals surface area contributed by atoms with Gasteiger partial charge in [0.1, 0.15) is 0 Å². The molecule has 21 heavy (non-hydrogen) atoms. The third-order valence-corrected chi connectivity index (χ3v) is 4.60. The molecule has 1 saturated carbocycles. The van der Waals surface area contributed by atoms with E-state index in [1.807, 2.05) is 0 Å². The molecule has 2 unspecified atom stereocenters. The summed E-state index contributed by atoms with van der Waals surface area (Å²) in [6.07, 6.45) is 9.36. The van der Waals surface area contributed by atoms with Crippen molar-refractivity contribution in [3.63, 3.8) is 0 Å². The Bertz CT molecular complexity index is 279. The number of hydrogen-bond acceptors (Lipinski definition) is 4. The van der Waals surface area contributed by atoms with E-state index in [-0.39, 0.29) is 11.9 Å². The second-order valence-electron chi connectivity index (χ2n) is 6.38. The van der Waals surface area contributed by atoms with Gasteiger partial charge in [0.2, 0.25) is 0 Å². The van der Waals surface area contributed by atoms with Crippen LogP contribution in [0.5, 0.6) is 0 Å². The van der Waals surface area contributed by atoms with Gasteiger partial charge in [-0.25, -0.2) is 0 Å². The summed E-state index contributed by atoms with van der Waals surface area (Å²) < 4.78 is 18.0. The van der Waals surface area contributed by atoms with Crippen LogP contribution >= 0.6 is 0 Å². The van der Waals surface area contributed by atoms with Crippen molar-refractivity contribution in [3.8, 4) is 0 Å². The smallest absolute Gasteiger partial charge is 0.171 e. The summed E-state index contributed by atoms with van der Waals surface area (Å²) in [4.78, 5) is 0. The fraction of sp³-hybridized carbons (Fsp3) is 1.00. The van der Waals surface area contributed by atoms with Gasteiger partial charge in [-0.15, -0.1) is 0 Å². The Morgan fingerprint density at radius 3 is 2.62 bits per heavy atom. The summed E-state index contributed by atoms with van der Waals surface area (Å²) >= 11 is 0. The molecule has 0 bridgehead atoms. The summed E-state index contributed by atoms with van der Waals surface area (Å²) in [7, 11) is 0. The average Bonchev–Trinajstić information content (AvgIpc) is 2.94. The molecule has 2 aliphatic rings. The first-order valence-electron chi connectivity index (χ1n) is 8.92. The first-order valence-corrected chi connectivity index (χ1v) is 8.92. The Labute approximate surface area is 129 Å². The molecule has 124 valence electrons. The minimum absolute atomic E-state index is 0.227. The van der Waals surface area contributed by atoms with E-state index in [1.54, 1.807) is 0 Å². The van der Waals surface area contributed by atoms with Gasteiger partial charge in [-0.05, 0) is 25.8 Å². The van der Waals surface area contributed by atoms with E-state index < -0.39 is 0 Å². The van der Waals surface area contributed by atoms with Gasteiger partial charge in [-0.3, -0.25) is 0 Å². The van der Waals surface area contributed by atoms with Gasteiger partial charge < -0.3 is 19.5 Å². The molecular formula is C17H33NO3. The Morgan fingerprint density at radius 1 is 1.10 bits per heavy atom. The van der Waals surface area contributed by atoms with Crippen molar-refractivity contribution in [1.29, 1.82) is 0 Å². The molecule has 0 radical (unpaired) electrons. The molecule has 1 saturated heterocycles. The maximum atomic E-state index is 6.20.